The van der Waals surface area contributed by atoms with Gasteiger partial charge in [-0.3, -0.25) is 4.79 Å². The lowest BCUT2D eigenvalue weighted by atomic mass is 9.81. The van der Waals surface area contributed by atoms with Gasteiger partial charge in [0.05, 0.1) is 5.69 Å². The molecule has 1 aromatic carbocycles. The molecule has 0 radical (unpaired) electrons. The predicted molar refractivity (Wildman–Crippen MR) is 90.4 cm³/mol. The van der Waals surface area contributed by atoms with E-state index in [4.69, 9.17) is 0 Å². The van der Waals surface area contributed by atoms with Crippen molar-refractivity contribution in [3.8, 4) is 0 Å². The van der Waals surface area contributed by atoms with Crippen LogP contribution < -0.4 is 5.32 Å². The first kappa shape index (κ1) is 14.9. The summed E-state index contributed by atoms with van der Waals surface area (Å²) in [5.41, 5.74) is 1.22. The topological polar surface area (TPSA) is 77.6 Å². The van der Waals surface area contributed by atoms with Crippen molar-refractivity contribution >= 4 is 22.5 Å². The van der Waals surface area contributed by atoms with E-state index in [1.807, 2.05) is 42.1 Å². The first-order chi connectivity index (χ1) is 11.7. The Labute approximate surface area is 139 Å². The van der Waals surface area contributed by atoms with Crippen molar-refractivity contribution in [2.45, 2.75) is 37.6 Å². The Balaban J connectivity index is 1.71. The minimum absolute atomic E-state index is 0.0362. The number of carbonyl (C=O) groups excluding carboxylic acids is 1. The van der Waals surface area contributed by atoms with Crippen molar-refractivity contribution in [1.82, 2.24) is 24.8 Å². The van der Waals surface area contributed by atoms with Crippen molar-refractivity contribution < 1.29 is 4.79 Å². The minimum Gasteiger partial charge on any atom is -0.350 e. The number of hydrogen-bond acceptors (Lipinski definition) is 4. The molecule has 0 spiro atoms. The van der Waals surface area contributed by atoms with Gasteiger partial charge in [-0.2, -0.15) is 0 Å². The Morgan fingerprint density at radius 2 is 2.04 bits per heavy atom. The van der Waals surface area contributed by atoms with Crippen molar-refractivity contribution in [3.63, 3.8) is 0 Å². The smallest absolute Gasteiger partial charge is 0.252 e. The number of carbonyl (C=O) groups is 1. The molecule has 1 aliphatic carbocycles. The maximum Gasteiger partial charge on any atom is 0.252 e. The lowest BCUT2D eigenvalue weighted by Gasteiger charge is -2.35. The molecular formula is C17H20N6O. The average Bonchev–Trinajstić information content (AvgIpc) is 3.27. The molecule has 3 aromatic rings. The zero-order valence-corrected chi connectivity index (χ0v) is 13.6. The van der Waals surface area contributed by atoms with Gasteiger partial charge < -0.3 is 9.88 Å². The predicted octanol–water partition coefficient (Wildman–Crippen LogP) is 2.46. The summed E-state index contributed by atoms with van der Waals surface area (Å²) in [6.07, 6.45) is 8.21. The summed E-state index contributed by atoms with van der Waals surface area (Å²) in [5.74, 6) is -0.0362. The van der Waals surface area contributed by atoms with E-state index in [9.17, 15) is 4.79 Å². The van der Waals surface area contributed by atoms with Gasteiger partial charge in [-0.15, -0.1) is 5.10 Å². The number of aryl methyl sites for hydroxylation is 1. The Kier molecular flexibility index (Phi) is 3.55. The van der Waals surface area contributed by atoms with Crippen LogP contribution >= 0.6 is 0 Å². The standard InChI is InChI=1S/C17H20N6O/c1-22-11-8-13-14(6-5-7-15(13)22)19-16(24)17(9-3-2-4-10-17)23-12-18-20-21-23/h5-8,11-12H,2-4,9-10H2,1H3,(H,19,24). The second-order valence-electron chi connectivity index (χ2n) is 6.47. The van der Waals surface area contributed by atoms with Crippen molar-refractivity contribution in [3.05, 3.63) is 36.8 Å². The summed E-state index contributed by atoms with van der Waals surface area (Å²) < 4.78 is 3.68. The summed E-state index contributed by atoms with van der Waals surface area (Å²) in [7, 11) is 2.00. The fraction of sp³-hybridized carbons (Fsp3) is 0.412. The lowest BCUT2D eigenvalue weighted by molar-refractivity contribution is -0.126. The number of tetrazole rings is 1. The third-order valence-electron chi connectivity index (χ3n) is 5.07. The molecule has 2 aromatic heterocycles. The van der Waals surface area contributed by atoms with Gasteiger partial charge in [0.1, 0.15) is 11.9 Å². The fourth-order valence-electron chi connectivity index (χ4n) is 3.70. The second kappa shape index (κ2) is 5.74. The van der Waals surface area contributed by atoms with Crippen LogP contribution in [0.5, 0.6) is 0 Å². The Bertz CT molecular complexity index is 860. The number of aromatic nitrogens is 5. The van der Waals surface area contributed by atoms with E-state index in [-0.39, 0.29) is 5.91 Å². The van der Waals surface area contributed by atoms with E-state index in [1.165, 1.54) is 0 Å². The summed E-state index contributed by atoms with van der Waals surface area (Å²) in [6, 6.07) is 7.97. The highest BCUT2D eigenvalue weighted by Gasteiger charge is 2.42. The number of anilines is 1. The molecule has 1 saturated carbocycles. The molecule has 0 atom stereocenters. The maximum absolute atomic E-state index is 13.2. The van der Waals surface area contributed by atoms with Gasteiger partial charge >= 0.3 is 0 Å². The first-order valence-electron chi connectivity index (χ1n) is 8.30. The van der Waals surface area contributed by atoms with Crippen LogP contribution in [0.3, 0.4) is 0 Å². The van der Waals surface area contributed by atoms with E-state index < -0.39 is 5.54 Å². The molecule has 7 nitrogen and oxygen atoms in total. The minimum atomic E-state index is -0.696. The molecule has 0 aliphatic heterocycles. The monoisotopic (exact) mass is 324 g/mol. The van der Waals surface area contributed by atoms with Crippen LogP contribution in [0.4, 0.5) is 5.69 Å². The van der Waals surface area contributed by atoms with Crippen LogP contribution in [0.15, 0.2) is 36.8 Å². The Morgan fingerprint density at radius 3 is 2.79 bits per heavy atom. The molecule has 7 heteroatoms. The number of amides is 1. The summed E-state index contributed by atoms with van der Waals surface area (Å²) >= 11 is 0. The highest BCUT2D eigenvalue weighted by molar-refractivity contribution is 6.04. The fourth-order valence-corrected chi connectivity index (χ4v) is 3.70. The molecule has 1 fully saturated rings. The van der Waals surface area contributed by atoms with Crippen LogP contribution in [0.1, 0.15) is 32.1 Å². The molecule has 2 heterocycles. The van der Waals surface area contributed by atoms with E-state index in [1.54, 1.807) is 11.0 Å². The van der Waals surface area contributed by atoms with Gasteiger partial charge in [0, 0.05) is 24.1 Å². The molecule has 124 valence electrons. The van der Waals surface area contributed by atoms with Crippen molar-refractivity contribution in [1.29, 1.82) is 0 Å². The molecule has 24 heavy (non-hydrogen) atoms. The third-order valence-corrected chi connectivity index (χ3v) is 5.07. The second-order valence-corrected chi connectivity index (χ2v) is 6.47. The number of nitrogens with one attached hydrogen (secondary N) is 1. The molecule has 0 saturated heterocycles. The average molecular weight is 324 g/mol. The molecule has 0 unspecified atom stereocenters. The van der Waals surface area contributed by atoms with Gasteiger partial charge in [0.2, 0.25) is 0 Å². The third kappa shape index (κ3) is 2.28. The summed E-state index contributed by atoms with van der Waals surface area (Å²) in [6.45, 7) is 0. The zero-order valence-electron chi connectivity index (χ0n) is 13.6. The van der Waals surface area contributed by atoms with Crippen LogP contribution in [0.2, 0.25) is 0 Å². The molecule has 1 aliphatic rings. The normalized spacial score (nSPS) is 17.0. The Morgan fingerprint density at radius 1 is 1.21 bits per heavy atom. The van der Waals surface area contributed by atoms with Gasteiger partial charge in [-0.25, -0.2) is 4.68 Å². The Hall–Kier alpha value is -2.70. The number of hydrogen-bond donors (Lipinski definition) is 1. The number of fused-ring (bicyclic) bond motifs is 1. The highest BCUT2D eigenvalue weighted by Crippen LogP contribution is 2.36. The van der Waals surface area contributed by atoms with Gasteiger partial charge in [-0.1, -0.05) is 25.3 Å². The molecule has 1 N–H and O–H groups in total. The largest absolute Gasteiger partial charge is 0.350 e. The number of benzene rings is 1. The molecule has 1 amide bonds. The van der Waals surface area contributed by atoms with Crippen LogP contribution in [-0.4, -0.2) is 30.7 Å². The van der Waals surface area contributed by atoms with E-state index in [2.05, 4.69) is 20.8 Å². The SMILES string of the molecule is Cn1ccc2c(NC(=O)C3(n4cnnn4)CCCCC3)cccc21. The van der Waals surface area contributed by atoms with Crippen molar-refractivity contribution in [2.24, 2.45) is 7.05 Å². The van der Waals surface area contributed by atoms with Crippen molar-refractivity contribution in [2.75, 3.05) is 5.32 Å². The van der Waals surface area contributed by atoms with E-state index in [0.717, 1.165) is 48.7 Å². The summed E-state index contributed by atoms with van der Waals surface area (Å²) in [4.78, 5) is 13.2. The van der Waals surface area contributed by atoms with E-state index in [0.29, 0.717) is 0 Å². The highest BCUT2D eigenvalue weighted by atomic mass is 16.2. The van der Waals surface area contributed by atoms with Gasteiger partial charge in [0.15, 0.2) is 0 Å². The number of nitrogens with zero attached hydrogens (tertiary/aromatic N) is 5. The molecular weight excluding hydrogens is 304 g/mol. The number of rotatable bonds is 3. The quantitative estimate of drug-likeness (QED) is 0.803. The molecule has 0 bridgehead atoms. The van der Waals surface area contributed by atoms with Crippen LogP contribution in [0.25, 0.3) is 10.9 Å². The zero-order chi connectivity index (χ0) is 16.6. The van der Waals surface area contributed by atoms with Crippen LogP contribution in [0, 0.1) is 0 Å². The van der Waals surface area contributed by atoms with Gasteiger partial charge in [-0.05, 0) is 41.5 Å². The van der Waals surface area contributed by atoms with Crippen LogP contribution in [-0.2, 0) is 17.4 Å². The summed E-state index contributed by atoms with van der Waals surface area (Å²) in [5, 5.41) is 15.7. The maximum atomic E-state index is 13.2. The van der Waals surface area contributed by atoms with E-state index >= 15 is 0 Å². The van der Waals surface area contributed by atoms with Gasteiger partial charge in [0.25, 0.3) is 5.91 Å². The molecule has 4 rings (SSSR count). The first-order valence-corrected chi connectivity index (χ1v) is 8.30. The lowest BCUT2D eigenvalue weighted by Crippen LogP contribution is -2.47.